The van der Waals surface area contributed by atoms with Crippen LogP contribution in [0.15, 0.2) is 42.2 Å². The van der Waals surface area contributed by atoms with Crippen molar-refractivity contribution in [1.82, 2.24) is 0 Å². The van der Waals surface area contributed by atoms with Gasteiger partial charge in [0, 0.05) is 29.8 Å². The van der Waals surface area contributed by atoms with Crippen LogP contribution in [-0.2, 0) is 21.5 Å². The van der Waals surface area contributed by atoms with E-state index in [4.69, 9.17) is 30.5 Å². The number of Topliss-reactive ketones (excluding diaryl/α,β-unsaturated/α-hetero) is 1. The van der Waals surface area contributed by atoms with Crippen LogP contribution in [0.2, 0.25) is 5.02 Å². The topological polar surface area (TPSA) is 71.1 Å². The van der Waals surface area contributed by atoms with Crippen LogP contribution in [0.4, 0.5) is 0 Å². The molecule has 1 aliphatic heterocycles. The van der Waals surface area contributed by atoms with Crippen molar-refractivity contribution in [1.29, 1.82) is 0 Å². The summed E-state index contributed by atoms with van der Waals surface area (Å²) in [5.74, 6) is -0.000689. The van der Waals surface area contributed by atoms with E-state index in [1.807, 2.05) is 24.3 Å². The van der Waals surface area contributed by atoms with E-state index in [-0.39, 0.29) is 52.4 Å². The molecule has 0 aromatic heterocycles. The fraction of sp³-hybridized carbons (Fsp3) is 0.333. The van der Waals surface area contributed by atoms with Crippen LogP contribution in [-0.4, -0.2) is 31.4 Å². The van der Waals surface area contributed by atoms with E-state index in [9.17, 15) is 9.59 Å². The first kappa shape index (κ1) is 22.7. The van der Waals surface area contributed by atoms with Gasteiger partial charge in [0.25, 0.3) is 0 Å². The Bertz CT molecular complexity index is 1110. The molecular formula is C24H22BrClO6. The number of halogens is 2. The Morgan fingerprint density at radius 2 is 1.78 bits per heavy atom. The minimum atomic E-state index is -1.50. The van der Waals surface area contributed by atoms with E-state index in [0.29, 0.717) is 5.75 Å². The molecule has 0 radical (unpaired) electrons. The van der Waals surface area contributed by atoms with Gasteiger partial charge in [0.05, 0.1) is 14.2 Å². The average Bonchev–Trinajstić information content (AvgIpc) is 3.11. The van der Waals surface area contributed by atoms with Crippen LogP contribution in [0, 0.1) is 5.92 Å². The third-order valence-electron chi connectivity index (χ3n) is 5.85. The molecule has 0 fully saturated rings. The maximum Gasteiger partial charge on any atom is 0.231 e. The summed E-state index contributed by atoms with van der Waals surface area (Å²) in [6.45, 7) is 1.97. The van der Waals surface area contributed by atoms with Crippen molar-refractivity contribution in [3.63, 3.8) is 0 Å². The summed E-state index contributed by atoms with van der Waals surface area (Å²) in [6.07, 6.45) is 1.50. The number of rotatable bonds is 6. The van der Waals surface area contributed by atoms with Gasteiger partial charge >= 0.3 is 0 Å². The van der Waals surface area contributed by atoms with Crippen molar-refractivity contribution >= 4 is 39.1 Å². The van der Waals surface area contributed by atoms with Gasteiger partial charge < -0.3 is 18.9 Å². The lowest BCUT2D eigenvalue weighted by Crippen LogP contribution is -2.51. The zero-order valence-electron chi connectivity index (χ0n) is 17.9. The highest BCUT2D eigenvalue weighted by atomic mass is 79.9. The van der Waals surface area contributed by atoms with Crippen molar-refractivity contribution < 1.29 is 28.5 Å². The van der Waals surface area contributed by atoms with Crippen LogP contribution >= 0.6 is 27.5 Å². The number of ether oxygens (including phenoxy) is 4. The minimum Gasteiger partial charge on any atom is -0.496 e. The lowest BCUT2D eigenvalue weighted by molar-refractivity contribution is -0.118. The Labute approximate surface area is 199 Å². The molecule has 2 aliphatic rings. The van der Waals surface area contributed by atoms with E-state index in [0.717, 1.165) is 16.5 Å². The molecule has 4 rings (SSSR count). The van der Waals surface area contributed by atoms with Crippen molar-refractivity contribution in [2.24, 2.45) is 5.92 Å². The first-order valence-corrected chi connectivity index (χ1v) is 11.6. The summed E-state index contributed by atoms with van der Waals surface area (Å²) < 4.78 is 23.1. The number of alkyl halides is 1. The van der Waals surface area contributed by atoms with Crippen molar-refractivity contribution in [2.75, 3.05) is 14.2 Å². The molecule has 1 heterocycles. The standard InChI is InChI=1S/C24H22BrClO6/c1-13-8-16(27)9-19(31-12-15-6-4-14(11-25)5-7-15)24(13)23(28)20-17(29-2)10-18(30-3)21(26)22(20)32-24/h4-7,9-10,13H,8,11-12H2,1-3H3/t13-,24+/m1/s1. The summed E-state index contributed by atoms with van der Waals surface area (Å²) in [4.78, 5) is 26.2. The maximum absolute atomic E-state index is 13.8. The number of hydrogen-bond acceptors (Lipinski definition) is 6. The van der Waals surface area contributed by atoms with Crippen LogP contribution in [0.5, 0.6) is 17.2 Å². The molecule has 0 saturated carbocycles. The highest BCUT2D eigenvalue weighted by molar-refractivity contribution is 9.08. The van der Waals surface area contributed by atoms with Gasteiger partial charge in [0.15, 0.2) is 17.3 Å². The summed E-state index contributed by atoms with van der Waals surface area (Å²) in [7, 11) is 2.93. The number of hydrogen-bond donors (Lipinski definition) is 0. The number of allylic oxidation sites excluding steroid dienone is 1. The van der Waals surface area contributed by atoms with E-state index < -0.39 is 11.5 Å². The Morgan fingerprint density at radius 1 is 1.12 bits per heavy atom. The Hall–Kier alpha value is -2.51. The van der Waals surface area contributed by atoms with Gasteiger partial charge in [-0.1, -0.05) is 58.7 Å². The van der Waals surface area contributed by atoms with Gasteiger partial charge in [-0.3, -0.25) is 9.59 Å². The third-order valence-corrected chi connectivity index (χ3v) is 6.86. The van der Waals surface area contributed by atoms with Crippen molar-refractivity contribution in [2.45, 2.75) is 30.9 Å². The molecule has 2 aromatic rings. The van der Waals surface area contributed by atoms with Gasteiger partial charge in [-0.05, 0) is 11.1 Å². The Kier molecular flexibility index (Phi) is 6.23. The highest BCUT2D eigenvalue weighted by Crippen LogP contribution is 2.54. The first-order valence-electron chi connectivity index (χ1n) is 10.1. The third kappa shape index (κ3) is 3.57. The molecule has 6 nitrogen and oxygen atoms in total. The Morgan fingerprint density at radius 3 is 2.41 bits per heavy atom. The molecule has 168 valence electrons. The predicted molar refractivity (Wildman–Crippen MR) is 123 cm³/mol. The molecule has 2 aromatic carbocycles. The largest absolute Gasteiger partial charge is 0.496 e. The minimum absolute atomic E-state index is 0.129. The molecule has 0 saturated heterocycles. The van der Waals surface area contributed by atoms with Gasteiger partial charge in [-0.25, -0.2) is 0 Å². The lowest BCUT2D eigenvalue weighted by atomic mass is 9.75. The van der Waals surface area contributed by atoms with Crippen molar-refractivity contribution in [3.8, 4) is 17.2 Å². The molecule has 1 aliphatic carbocycles. The normalized spacial score (nSPS) is 21.8. The van der Waals surface area contributed by atoms with Gasteiger partial charge in [0.1, 0.15) is 28.7 Å². The zero-order valence-corrected chi connectivity index (χ0v) is 20.2. The second kappa shape index (κ2) is 8.79. The molecular weight excluding hydrogens is 500 g/mol. The van der Waals surface area contributed by atoms with Gasteiger partial charge in [-0.15, -0.1) is 0 Å². The van der Waals surface area contributed by atoms with E-state index in [2.05, 4.69) is 15.9 Å². The van der Waals surface area contributed by atoms with Gasteiger partial charge in [0.2, 0.25) is 11.4 Å². The van der Waals surface area contributed by atoms with Crippen molar-refractivity contribution in [3.05, 3.63) is 63.9 Å². The molecule has 32 heavy (non-hydrogen) atoms. The second-order valence-corrected chi connectivity index (χ2v) is 8.72. The quantitative estimate of drug-likeness (QED) is 0.482. The first-order chi connectivity index (χ1) is 15.3. The van der Waals surface area contributed by atoms with E-state index >= 15 is 0 Å². The fourth-order valence-corrected chi connectivity index (χ4v) is 4.76. The molecule has 1 spiro atoms. The second-order valence-electron chi connectivity index (χ2n) is 7.78. The number of methoxy groups -OCH3 is 2. The molecule has 2 atom stereocenters. The average molecular weight is 522 g/mol. The van der Waals surface area contributed by atoms with Crippen LogP contribution in [0.1, 0.15) is 34.8 Å². The van der Waals surface area contributed by atoms with Crippen LogP contribution in [0.3, 0.4) is 0 Å². The molecule has 0 unspecified atom stereocenters. The monoisotopic (exact) mass is 520 g/mol. The molecule has 0 bridgehead atoms. The summed E-state index contributed by atoms with van der Waals surface area (Å²) >= 11 is 9.91. The number of carbonyl (C=O) groups is 2. The number of carbonyl (C=O) groups excluding carboxylic acids is 2. The number of benzene rings is 2. The number of ketones is 2. The van der Waals surface area contributed by atoms with E-state index in [1.54, 1.807) is 13.0 Å². The SMILES string of the molecule is COc1cc(OC)c2c(c1Cl)O[C@]1(C2=O)C(OCc2ccc(CBr)cc2)=CC(=O)C[C@H]1C. The molecule has 8 heteroatoms. The smallest absolute Gasteiger partial charge is 0.231 e. The summed E-state index contributed by atoms with van der Waals surface area (Å²) in [5.41, 5.74) is 0.744. The van der Waals surface area contributed by atoms with Gasteiger partial charge in [-0.2, -0.15) is 0 Å². The summed E-state index contributed by atoms with van der Waals surface area (Å²) in [6, 6.07) is 9.39. The Balaban J connectivity index is 1.74. The summed E-state index contributed by atoms with van der Waals surface area (Å²) in [5, 5.41) is 0.920. The number of fused-ring (bicyclic) bond motifs is 1. The maximum atomic E-state index is 13.8. The molecule has 0 N–H and O–H groups in total. The zero-order chi connectivity index (χ0) is 23.0. The van der Waals surface area contributed by atoms with Crippen LogP contribution < -0.4 is 14.2 Å². The highest BCUT2D eigenvalue weighted by Gasteiger charge is 2.60. The predicted octanol–water partition coefficient (Wildman–Crippen LogP) is 5.28. The van der Waals surface area contributed by atoms with E-state index in [1.165, 1.54) is 20.3 Å². The van der Waals surface area contributed by atoms with Crippen LogP contribution in [0.25, 0.3) is 0 Å². The lowest BCUT2D eigenvalue weighted by Gasteiger charge is -2.37. The fourth-order valence-electron chi connectivity index (χ4n) is 4.12. The molecule has 0 amide bonds.